The maximum atomic E-state index is 12.4. The molecule has 0 unspecified atom stereocenters. The molecular weight excluding hydrogens is 370 g/mol. The highest BCUT2D eigenvalue weighted by atomic mass is 16.5. The molecule has 3 rings (SSSR count). The minimum absolute atomic E-state index is 0.00887. The molecule has 2 amide bonds. The number of carbonyl (C=O) groups is 2. The lowest BCUT2D eigenvalue weighted by molar-refractivity contribution is -0.136. The lowest BCUT2D eigenvalue weighted by atomic mass is 10.0. The first-order chi connectivity index (χ1) is 14.1. The van der Waals surface area contributed by atoms with Crippen LogP contribution in [0.2, 0.25) is 0 Å². The summed E-state index contributed by atoms with van der Waals surface area (Å²) in [5.41, 5.74) is 1.47. The topological polar surface area (TPSA) is 86.8 Å². The number of pyridine rings is 1. The second-order valence-electron chi connectivity index (χ2n) is 6.99. The van der Waals surface area contributed by atoms with Gasteiger partial charge >= 0.3 is 11.8 Å². The minimum Gasteiger partial charge on any atom is -0.480 e. The zero-order chi connectivity index (χ0) is 20.6. The molecule has 1 aromatic carbocycles. The van der Waals surface area contributed by atoms with Gasteiger partial charge in [0, 0.05) is 38.9 Å². The molecule has 1 aromatic heterocycles. The summed E-state index contributed by atoms with van der Waals surface area (Å²) in [5, 5.41) is 5.33. The quantitative estimate of drug-likeness (QED) is 0.711. The van der Waals surface area contributed by atoms with Crippen LogP contribution in [-0.4, -0.2) is 73.5 Å². The van der Waals surface area contributed by atoms with Crippen molar-refractivity contribution < 1.29 is 14.3 Å². The third kappa shape index (κ3) is 5.52. The molecule has 0 bridgehead atoms. The first-order valence-corrected chi connectivity index (χ1v) is 9.64. The Bertz CT molecular complexity index is 822. The SMILES string of the molecule is COc1ncccc1NC(=O)C(=O)NC[C@H](c1ccccc1)N1CCN(C)CC1. The van der Waals surface area contributed by atoms with E-state index in [0.717, 1.165) is 31.7 Å². The minimum atomic E-state index is -0.749. The fraction of sp³-hybridized carbons (Fsp3) is 0.381. The van der Waals surface area contributed by atoms with E-state index in [1.807, 2.05) is 18.2 Å². The molecule has 0 radical (unpaired) electrons. The zero-order valence-corrected chi connectivity index (χ0v) is 16.8. The fourth-order valence-electron chi connectivity index (χ4n) is 3.36. The van der Waals surface area contributed by atoms with Crippen LogP contribution in [0.5, 0.6) is 5.88 Å². The van der Waals surface area contributed by atoms with Crippen molar-refractivity contribution in [1.29, 1.82) is 0 Å². The number of rotatable bonds is 6. The summed E-state index contributed by atoms with van der Waals surface area (Å²) in [6, 6.07) is 13.4. The summed E-state index contributed by atoms with van der Waals surface area (Å²) < 4.78 is 5.10. The van der Waals surface area contributed by atoms with Crippen molar-refractivity contribution in [2.75, 3.05) is 52.2 Å². The highest BCUT2D eigenvalue weighted by molar-refractivity contribution is 6.39. The van der Waals surface area contributed by atoms with Gasteiger partial charge in [-0.25, -0.2) is 4.98 Å². The zero-order valence-electron chi connectivity index (χ0n) is 16.8. The van der Waals surface area contributed by atoms with Crippen LogP contribution >= 0.6 is 0 Å². The number of methoxy groups -OCH3 is 1. The Labute approximate surface area is 170 Å². The number of amides is 2. The van der Waals surface area contributed by atoms with Crippen LogP contribution in [0.15, 0.2) is 48.7 Å². The second-order valence-corrected chi connectivity index (χ2v) is 6.99. The van der Waals surface area contributed by atoms with E-state index in [1.54, 1.807) is 18.3 Å². The number of ether oxygens (including phenoxy) is 1. The first-order valence-electron chi connectivity index (χ1n) is 9.64. The number of anilines is 1. The van der Waals surface area contributed by atoms with Crippen molar-refractivity contribution in [3.8, 4) is 5.88 Å². The Morgan fingerprint density at radius 1 is 1.07 bits per heavy atom. The van der Waals surface area contributed by atoms with Crippen molar-refractivity contribution in [3.05, 3.63) is 54.2 Å². The van der Waals surface area contributed by atoms with Gasteiger partial charge in [-0.3, -0.25) is 14.5 Å². The Morgan fingerprint density at radius 3 is 2.48 bits per heavy atom. The Balaban J connectivity index is 1.64. The van der Waals surface area contributed by atoms with Crippen molar-refractivity contribution in [2.24, 2.45) is 0 Å². The summed E-state index contributed by atoms with van der Waals surface area (Å²) in [7, 11) is 3.56. The van der Waals surface area contributed by atoms with Crippen LogP contribution < -0.4 is 15.4 Å². The second kappa shape index (κ2) is 9.99. The summed E-state index contributed by atoms with van der Waals surface area (Å²) in [6.07, 6.45) is 1.55. The molecule has 1 saturated heterocycles. The molecule has 1 aliphatic heterocycles. The lowest BCUT2D eigenvalue weighted by Crippen LogP contribution is -2.49. The molecule has 0 spiro atoms. The summed E-state index contributed by atoms with van der Waals surface area (Å²) >= 11 is 0. The van der Waals surface area contributed by atoms with E-state index in [4.69, 9.17) is 4.74 Å². The summed E-state index contributed by atoms with van der Waals surface area (Å²) in [5.74, 6) is -1.18. The number of benzene rings is 1. The van der Waals surface area contributed by atoms with E-state index in [1.165, 1.54) is 7.11 Å². The molecule has 2 heterocycles. The number of aromatic nitrogens is 1. The van der Waals surface area contributed by atoms with Crippen LogP contribution in [0.25, 0.3) is 0 Å². The molecular formula is C21H27N5O3. The van der Waals surface area contributed by atoms with Crippen molar-refractivity contribution in [1.82, 2.24) is 20.1 Å². The van der Waals surface area contributed by atoms with E-state index >= 15 is 0 Å². The Hall–Kier alpha value is -2.97. The molecule has 8 heteroatoms. The van der Waals surface area contributed by atoms with Gasteiger partial charge in [-0.15, -0.1) is 0 Å². The average Bonchev–Trinajstić information content (AvgIpc) is 2.76. The van der Waals surface area contributed by atoms with Crippen molar-refractivity contribution >= 4 is 17.5 Å². The lowest BCUT2D eigenvalue weighted by Gasteiger charge is -2.38. The van der Waals surface area contributed by atoms with Crippen LogP contribution in [0.1, 0.15) is 11.6 Å². The maximum Gasteiger partial charge on any atom is 0.313 e. The predicted molar refractivity (Wildman–Crippen MR) is 111 cm³/mol. The third-order valence-corrected chi connectivity index (χ3v) is 5.04. The van der Waals surface area contributed by atoms with Crippen LogP contribution in [-0.2, 0) is 9.59 Å². The van der Waals surface area contributed by atoms with Gasteiger partial charge in [0.05, 0.1) is 13.2 Å². The Morgan fingerprint density at radius 2 is 1.79 bits per heavy atom. The van der Waals surface area contributed by atoms with Crippen LogP contribution in [0.4, 0.5) is 5.69 Å². The largest absolute Gasteiger partial charge is 0.480 e. The molecule has 2 N–H and O–H groups in total. The molecule has 8 nitrogen and oxygen atoms in total. The van der Waals surface area contributed by atoms with Gasteiger partial charge in [-0.2, -0.15) is 0 Å². The molecule has 0 aliphatic carbocycles. The summed E-state index contributed by atoms with van der Waals surface area (Å²) in [4.78, 5) is 33.4. The van der Waals surface area contributed by atoms with Gasteiger partial charge in [0.15, 0.2) is 0 Å². The number of piperazine rings is 1. The van der Waals surface area contributed by atoms with Gasteiger partial charge in [-0.05, 0) is 24.7 Å². The van der Waals surface area contributed by atoms with E-state index < -0.39 is 11.8 Å². The van der Waals surface area contributed by atoms with Crippen LogP contribution in [0.3, 0.4) is 0 Å². The average molecular weight is 397 g/mol. The standard InChI is InChI=1S/C21H27N5O3/c1-25-11-13-26(14-12-25)18(16-7-4-3-5-8-16)15-23-19(27)20(28)24-17-9-6-10-22-21(17)29-2/h3-10,18H,11-15H2,1-2H3,(H,23,27)(H,24,28)/t18-/m1/s1. The Kier molecular flexibility index (Phi) is 7.15. The molecule has 29 heavy (non-hydrogen) atoms. The molecule has 2 aromatic rings. The molecule has 154 valence electrons. The smallest absolute Gasteiger partial charge is 0.313 e. The van der Waals surface area contributed by atoms with E-state index in [2.05, 4.69) is 44.6 Å². The van der Waals surface area contributed by atoms with E-state index in [9.17, 15) is 9.59 Å². The van der Waals surface area contributed by atoms with Gasteiger partial charge in [0.25, 0.3) is 0 Å². The molecule has 1 fully saturated rings. The number of hydrogen-bond donors (Lipinski definition) is 2. The highest BCUT2D eigenvalue weighted by Crippen LogP contribution is 2.22. The normalized spacial score (nSPS) is 16.1. The summed E-state index contributed by atoms with van der Waals surface area (Å²) in [6.45, 7) is 4.11. The monoisotopic (exact) mass is 397 g/mol. The van der Waals surface area contributed by atoms with Gasteiger partial charge in [0.2, 0.25) is 5.88 Å². The first kappa shape index (κ1) is 20.8. The van der Waals surface area contributed by atoms with Gasteiger partial charge in [-0.1, -0.05) is 30.3 Å². The molecule has 1 atom stereocenters. The number of nitrogens with one attached hydrogen (secondary N) is 2. The van der Waals surface area contributed by atoms with Crippen molar-refractivity contribution in [3.63, 3.8) is 0 Å². The molecule has 1 aliphatic rings. The van der Waals surface area contributed by atoms with E-state index in [0.29, 0.717) is 12.2 Å². The number of hydrogen-bond acceptors (Lipinski definition) is 6. The highest BCUT2D eigenvalue weighted by Gasteiger charge is 2.25. The van der Waals surface area contributed by atoms with Gasteiger partial charge in [0.1, 0.15) is 5.69 Å². The molecule has 0 saturated carbocycles. The van der Waals surface area contributed by atoms with Crippen LogP contribution in [0, 0.1) is 0 Å². The number of carbonyl (C=O) groups excluding carboxylic acids is 2. The maximum absolute atomic E-state index is 12.4. The fourth-order valence-corrected chi connectivity index (χ4v) is 3.36. The van der Waals surface area contributed by atoms with E-state index in [-0.39, 0.29) is 11.9 Å². The predicted octanol–water partition coefficient (Wildman–Crippen LogP) is 1.13. The van der Waals surface area contributed by atoms with Gasteiger partial charge < -0.3 is 20.3 Å². The van der Waals surface area contributed by atoms with Crippen molar-refractivity contribution in [2.45, 2.75) is 6.04 Å². The third-order valence-electron chi connectivity index (χ3n) is 5.04. The number of nitrogens with zero attached hydrogens (tertiary/aromatic N) is 3. The number of likely N-dealkylation sites (N-methyl/N-ethyl adjacent to an activating group) is 1.